The van der Waals surface area contributed by atoms with Gasteiger partial charge in [-0.1, -0.05) is 0 Å². The van der Waals surface area contributed by atoms with Crippen LogP contribution in [0.5, 0.6) is 0 Å². The van der Waals surface area contributed by atoms with Gasteiger partial charge in [-0.15, -0.1) is 0 Å². The number of anilines is 2. The Morgan fingerprint density at radius 3 is 2.76 bits per heavy atom. The molecule has 0 bridgehead atoms. The summed E-state index contributed by atoms with van der Waals surface area (Å²) in [5.74, 6) is 1.85. The summed E-state index contributed by atoms with van der Waals surface area (Å²) in [5.41, 5.74) is 1.04. The maximum Gasteiger partial charge on any atom is 0.227 e. The Kier molecular flexibility index (Phi) is 2.84. The van der Waals surface area contributed by atoms with Gasteiger partial charge in [-0.2, -0.15) is 4.98 Å². The van der Waals surface area contributed by atoms with E-state index < -0.39 is 0 Å². The van der Waals surface area contributed by atoms with Crippen molar-refractivity contribution in [2.75, 3.05) is 36.4 Å². The first-order valence-electron chi connectivity index (χ1n) is 6.39. The number of aromatic nitrogens is 2. The largest absolute Gasteiger partial charge is 0.367 e. The molecule has 17 heavy (non-hydrogen) atoms. The van der Waals surface area contributed by atoms with Crippen LogP contribution in [0.4, 0.5) is 11.8 Å². The zero-order valence-electron chi connectivity index (χ0n) is 10.2. The van der Waals surface area contributed by atoms with Gasteiger partial charge in [-0.05, 0) is 19.8 Å². The van der Waals surface area contributed by atoms with E-state index >= 15 is 0 Å². The third-order valence-electron chi connectivity index (χ3n) is 3.17. The maximum absolute atomic E-state index is 4.61. The Hall–Kier alpha value is -1.36. The first kappa shape index (κ1) is 10.8. The topological polar surface area (TPSA) is 53.1 Å². The highest BCUT2D eigenvalue weighted by atomic mass is 15.3. The van der Waals surface area contributed by atoms with Gasteiger partial charge < -0.3 is 15.5 Å². The standard InChI is InChI=1S/C12H19N5/c1-9-8-11(15-10-2-3-10)16-12(14-9)17-6-4-13-5-7-17/h8,10,13H,2-7H2,1H3,(H,14,15,16). The van der Waals surface area contributed by atoms with Gasteiger partial charge in [0.15, 0.2) is 0 Å². The first-order valence-corrected chi connectivity index (χ1v) is 6.39. The van der Waals surface area contributed by atoms with Crippen molar-refractivity contribution >= 4 is 11.8 Å². The van der Waals surface area contributed by atoms with E-state index in [1.54, 1.807) is 0 Å². The van der Waals surface area contributed by atoms with Crippen LogP contribution in [0.2, 0.25) is 0 Å². The summed E-state index contributed by atoms with van der Waals surface area (Å²) in [6, 6.07) is 2.67. The van der Waals surface area contributed by atoms with Gasteiger partial charge >= 0.3 is 0 Å². The molecule has 1 aliphatic heterocycles. The molecule has 0 radical (unpaired) electrons. The van der Waals surface area contributed by atoms with Gasteiger partial charge in [-0.3, -0.25) is 0 Å². The predicted molar refractivity (Wildman–Crippen MR) is 68.5 cm³/mol. The van der Waals surface area contributed by atoms with E-state index in [-0.39, 0.29) is 0 Å². The number of hydrogen-bond donors (Lipinski definition) is 2. The van der Waals surface area contributed by atoms with Crippen LogP contribution < -0.4 is 15.5 Å². The maximum atomic E-state index is 4.61. The number of nitrogens with one attached hydrogen (secondary N) is 2. The van der Waals surface area contributed by atoms with E-state index in [0.29, 0.717) is 6.04 Å². The van der Waals surface area contributed by atoms with Crippen LogP contribution in [-0.2, 0) is 0 Å². The second-order valence-corrected chi connectivity index (χ2v) is 4.85. The summed E-state index contributed by atoms with van der Waals surface area (Å²) in [5, 5.41) is 6.79. The average Bonchev–Trinajstić information content (AvgIpc) is 3.13. The molecule has 3 rings (SSSR count). The van der Waals surface area contributed by atoms with E-state index in [9.17, 15) is 0 Å². The zero-order valence-corrected chi connectivity index (χ0v) is 10.2. The van der Waals surface area contributed by atoms with E-state index in [1.807, 2.05) is 13.0 Å². The minimum Gasteiger partial charge on any atom is -0.367 e. The van der Waals surface area contributed by atoms with Crippen molar-refractivity contribution in [1.82, 2.24) is 15.3 Å². The molecule has 2 fully saturated rings. The van der Waals surface area contributed by atoms with Crippen LogP contribution in [0.1, 0.15) is 18.5 Å². The number of hydrogen-bond acceptors (Lipinski definition) is 5. The van der Waals surface area contributed by atoms with Crippen LogP contribution in [0, 0.1) is 6.92 Å². The van der Waals surface area contributed by atoms with Crippen LogP contribution in [0.25, 0.3) is 0 Å². The number of aryl methyl sites for hydroxylation is 1. The lowest BCUT2D eigenvalue weighted by Gasteiger charge is -2.27. The van der Waals surface area contributed by atoms with Crippen molar-refractivity contribution in [2.45, 2.75) is 25.8 Å². The van der Waals surface area contributed by atoms with Crippen LogP contribution in [0.3, 0.4) is 0 Å². The van der Waals surface area contributed by atoms with Crippen molar-refractivity contribution in [3.05, 3.63) is 11.8 Å². The predicted octanol–water partition coefficient (Wildman–Crippen LogP) is 0.769. The van der Waals surface area contributed by atoms with E-state index in [1.165, 1.54) is 12.8 Å². The minimum absolute atomic E-state index is 0.639. The molecule has 1 aromatic rings. The van der Waals surface area contributed by atoms with Gasteiger partial charge in [0.05, 0.1) is 0 Å². The third-order valence-corrected chi connectivity index (χ3v) is 3.17. The molecule has 1 aliphatic carbocycles. The molecular weight excluding hydrogens is 214 g/mol. The molecule has 0 aromatic carbocycles. The molecule has 0 atom stereocenters. The highest BCUT2D eigenvalue weighted by Gasteiger charge is 2.22. The van der Waals surface area contributed by atoms with Gasteiger partial charge in [0.2, 0.25) is 5.95 Å². The SMILES string of the molecule is Cc1cc(NC2CC2)nc(N2CCNCC2)n1. The molecule has 5 heteroatoms. The fraction of sp³-hybridized carbons (Fsp3) is 0.667. The van der Waals surface area contributed by atoms with E-state index in [2.05, 4.69) is 25.5 Å². The Balaban J connectivity index is 1.79. The van der Waals surface area contributed by atoms with Crippen molar-refractivity contribution < 1.29 is 0 Å². The molecule has 2 N–H and O–H groups in total. The summed E-state index contributed by atoms with van der Waals surface area (Å²) in [6.07, 6.45) is 2.54. The normalized spacial score (nSPS) is 20.4. The lowest BCUT2D eigenvalue weighted by molar-refractivity contribution is 0.579. The molecule has 5 nitrogen and oxygen atoms in total. The molecule has 1 aromatic heterocycles. The van der Waals surface area contributed by atoms with Crippen molar-refractivity contribution in [3.63, 3.8) is 0 Å². The third kappa shape index (κ3) is 2.66. The zero-order chi connectivity index (χ0) is 11.7. The number of rotatable bonds is 3. The molecule has 92 valence electrons. The first-order chi connectivity index (χ1) is 8.31. The summed E-state index contributed by atoms with van der Waals surface area (Å²) in [7, 11) is 0. The Morgan fingerprint density at radius 2 is 2.06 bits per heavy atom. The molecule has 2 aliphatic rings. The highest BCUT2D eigenvalue weighted by molar-refractivity contribution is 5.45. The van der Waals surface area contributed by atoms with Crippen molar-refractivity contribution in [1.29, 1.82) is 0 Å². The summed E-state index contributed by atoms with van der Waals surface area (Å²) < 4.78 is 0. The second kappa shape index (κ2) is 4.49. The van der Waals surface area contributed by atoms with Gasteiger partial charge in [-0.25, -0.2) is 4.98 Å². The summed E-state index contributed by atoms with van der Waals surface area (Å²) in [4.78, 5) is 11.4. The fourth-order valence-corrected chi connectivity index (χ4v) is 2.07. The molecular formula is C12H19N5. The van der Waals surface area contributed by atoms with Gasteiger partial charge in [0, 0.05) is 44.0 Å². The number of nitrogens with zero attached hydrogens (tertiary/aromatic N) is 3. The Morgan fingerprint density at radius 1 is 1.29 bits per heavy atom. The second-order valence-electron chi connectivity index (χ2n) is 4.85. The van der Waals surface area contributed by atoms with Crippen LogP contribution >= 0.6 is 0 Å². The molecule has 0 unspecified atom stereocenters. The van der Waals surface area contributed by atoms with Gasteiger partial charge in [0.25, 0.3) is 0 Å². The summed E-state index contributed by atoms with van der Waals surface area (Å²) >= 11 is 0. The van der Waals surface area contributed by atoms with Crippen LogP contribution in [-0.4, -0.2) is 42.2 Å². The molecule has 1 saturated carbocycles. The van der Waals surface area contributed by atoms with E-state index in [0.717, 1.165) is 43.6 Å². The van der Waals surface area contributed by atoms with E-state index in [4.69, 9.17) is 0 Å². The van der Waals surface area contributed by atoms with Crippen molar-refractivity contribution in [3.8, 4) is 0 Å². The lowest BCUT2D eigenvalue weighted by atomic mass is 10.3. The monoisotopic (exact) mass is 233 g/mol. The smallest absolute Gasteiger partial charge is 0.227 e. The lowest BCUT2D eigenvalue weighted by Crippen LogP contribution is -2.44. The quantitative estimate of drug-likeness (QED) is 0.807. The van der Waals surface area contributed by atoms with Gasteiger partial charge in [0.1, 0.15) is 5.82 Å². The molecule has 1 saturated heterocycles. The highest BCUT2D eigenvalue weighted by Crippen LogP contribution is 2.24. The Bertz CT molecular complexity index is 396. The summed E-state index contributed by atoms with van der Waals surface area (Å²) in [6.45, 7) is 6.05. The van der Waals surface area contributed by atoms with Crippen LogP contribution in [0.15, 0.2) is 6.07 Å². The van der Waals surface area contributed by atoms with Crippen molar-refractivity contribution in [2.24, 2.45) is 0 Å². The number of piperazine rings is 1. The molecule has 2 heterocycles. The fourth-order valence-electron chi connectivity index (χ4n) is 2.07. The minimum atomic E-state index is 0.639. The average molecular weight is 233 g/mol. The molecule has 0 amide bonds. The Labute approximate surface area is 102 Å². The molecule has 0 spiro atoms.